The summed E-state index contributed by atoms with van der Waals surface area (Å²) >= 11 is 11.7. The number of benzene rings is 2. The predicted molar refractivity (Wildman–Crippen MR) is 112 cm³/mol. The first-order chi connectivity index (χ1) is 12.5. The summed E-state index contributed by atoms with van der Waals surface area (Å²) in [5.41, 5.74) is 2.36. The van der Waals surface area contributed by atoms with Gasteiger partial charge in [0.05, 0.1) is 10.7 Å². The third-order valence-corrected chi connectivity index (χ3v) is 5.10. The standard InChI is InChI=1S/C20H22ClN3OS/c1-14-9-11-24(12-10-14)18-8-7-16(13-17(18)21)22-20(26)23-19(25)15-5-3-2-4-6-15/h2-8,13-14H,9-12H2,1H3,(H2,22,23,25,26). The third kappa shape index (κ3) is 4.74. The number of halogens is 1. The molecule has 1 saturated heterocycles. The molecule has 2 N–H and O–H groups in total. The Morgan fingerprint density at radius 1 is 1.15 bits per heavy atom. The molecule has 3 rings (SSSR count). The Hall–Kier alpha value is -2.11. The molecular formula is C20H22ClN3OS. The SMILES string of the molecule is CC1CCN(c2ccc(NC(=S)NC(=O)c3ccccc3)cc2Cl)CC1. The first-order valence-electron chi connectivity index (χ1n) is 8.75. The van der Waals surface area contributed by atoms with Gasteiger partial charge in [-0.05, 0) is 61.3 Å². The van der Waals surface area contributed by atoms with E-state index in [1.54, 1.807) is 12.1 Å². The Morgan fingerprint density at radius 2 is 1.85 bits per heavy atom. The number of amides is 1. The number of carbonyl (C=O) groups is 1. The second kappa shape index (κ2) is 8.52. The summed E-state index contributed by atoms with van der Waals surface area (Å²) in [6.07, 6.45) is 2.37. The van der Waals surface area contributed by atoms with Crippen LogP contribution in [0.25, 0.3) is 0 Å². The van der Waals surface area contributed by atoms with E-state index in [0.717, 1.165) is 30.4 Å². The van der Waals surface area contributed by atoms with E-state index in [0.29, 0.717) is 10.6 Å². The molecule has 6 heteroatoms. The van der Waals surface area contributed by atoms with Crippen molar-refractivity contribution < 1.29 is 4.79 Å². The zero-order valence-corrected chi connectivity index (χ0v) is 16.2. The van der Waals surface area contributed by atoms with Gasteiger partial charge in [-0.15, -0.1) is 0 Å². The molecule has 1 aliphatic heterocycles. The molecule has 136 valence electrons. The fraction of sp³-hybridized carbons (Fsp3) is 0.300. The van der Waals surface area contributed by atoms with Gasteiger partial charge < -0.3 is 10.2 Å². The van der Waals surface area contributed by atoms with Crippen LogP contribution in [-0.4, -0.2) is 24.1 Å². The molecule has 2 aromatic carbocycles. The van der Waals surface area contributed by atoms with Gasteiger partial charge >= 0.3 is 0 Å². The smallest absolute Gasteiger partial charge is 0.257 e. The number of nitrogens with zero attached hydrogens (tertiary/aromatic N) is 1. The molecule has 1 amide bonds. The Kier molecular flexibility index (Phi) is 6.12. The van der Waals surface area contributed by atoms with Crippen LogP contribution in [0.4, 0.5) is 11.4 Å². The molecule has 0 unspecified atom stereocenters. The highest BCUT2D eigenvalue weighted by Crippen LogP contribution is 2.31. The van der Waals surface area contributed by atoms with E-state index >= 15 is 0 Å². The van der Waals surface area contributed by atoms with Crippen molar-refractivity contribution in [2.75, 3.05) is 23.3 Å². The van der Waals surface area contributed by atoms with E-state index in [2.05, 4.69) is 22.5 Å². The molecule has 0 atom stereocenters. The summed E-state index contributed by atoms with van der Waals surface area (Å²) < 4.78 is 0. The molecule has 0 radical (unpaired) electrons. The van der Waals surface area contributed by atoms with Crippen LogP contribution >= 0.6 is 23.8 Å². The molecule has 4 nitrogen and oxygen atoms in total. The van der Waals surface area contributed by atoms with Crippen LogP contribution in [0.5, 0.6) is 0 Å². The normalized spacial score (nSPS) is 14.8. The molecule has 2 aromatic rings. The van der Waals surface area contributed by atoms with Gasteiger partial charge in [0.15, 0.2) is 5.11 Å². The van der Waals surface area contributed by atoms with Crippen LogP contribution < -0.4 is 15.5 Å². The van der Waals surface area contributed by atoms with Gasteiger partial charge in [0, 0.05) is 24.3 Å². The van der Waals surface area contributed by atoms with Gasteiger partial charge in [-0.1, -0.05) is 36.7 Å². The zero-order valence-electron chi connectivity index (χ0n) is 14.7. The maximum Gasteiger partial charge on any atom is 0.257 e. The maximum atomic E-state index is 12.1. The predicted octanol–water partition coefficient (Wildman–Crippen LogP) is 4.70. The average Bonchev–Trinajstić information content (AvgIpc) is 2.63. The van der Waals surface area contributed by atoms with E-state index in [-0.39, 0.29) is 11.0 Å². The summed E-state index contributed by atoms with van der Waals surface area (Å²) in [5, 5.41) is 6.62. The van der Waals surface area contributed by atoms with Crippen LogP contribution in [0.15, 0.2) is 48.5 Å². The lowest BCUT2D eigenvalue weighted by molar-refractivity contribution is 0.0977. The molecule has 0 saturated carbocycles. The highest BCUT2D eigenvalue weighted by molar-refractivity contribution is 7.80. The van der Waals surface area contributed by atoms with Crippen LogP contribution in [0.1, 0.15) is 30.1 Å². The Labute approximate surface area is 164 Å². The molecule has 26 heavy (non-hydrogen) atoms. The van der Waals surface area contributed by atoms with E-state index in [1.165, 1.54) is 12.8 Å². The van der Waals surface area contributed by atoms with Gasteiger partial charge in [-0.25, -0.2) is 0 Å². The fourth-order valence-electron chi connectivity index (χ4n) is 3.02. The minimum atomic E-state index is -0.242. The number of piperidine rings is 1. The van der Waals surface area contributed by atoms with Crippen molar-refractivity contribution in [3.05, 3.63) is 59.1 Å². The molecule has 1 fully saturated rings. The Bertz CT molecular complexity index is 789. The van der Waals surface area contributed by atoms with Gasteiger partial charge in [-0.2, -0.15) is 0 Å². The summed E-state index contributed by atoms with van der Waals surface area (Å²) in [4.78, 5) is 14.4. The van der Waals surface area contributed by atoms with E-state index < -0.39 is 0 Å². The van der Waals surface area contributed by atoms with Crippen molar-refractivity contribution in [3.8, 4) is 0 Å². The summed E-state index contributed by atoms with van der Waals surface area (Å²) in [5.74, 6) is 0.532. The largest absolute Gasteiger partial charge is 0.370 e. The van der Waals surface area contributed by atoms with E-state index in [1.807, 2.05) is 36.4 Å². The highest BCUT2D eigenvalue weighted by Gasteiger charge is 2.18. The van der Waals surface area contributed by atoms with Crippen molar-refractivity contribution >= 4 is 46.2 Å². The Morgan fingerprint density at radius 3 is 2.50 bits per heavy atom. The van der Waals surface area contributed by atoms with Crippen molar-refractivity contribution in [2.45, 2.75) is 19.8 Å². The summed E-state index contributed by atoms with van der Waals surface area (Å²) in [6, 6.07) is 14.7. The van der Waals surface area contributed by atoms with Crippen molar-refractivity contribution in [2.24, 2.45) is 5.92 Å². The third-order valence-electron chi connectivity index (χ3n) is 4.59. The molecule has 0 spiro atoms. The van der Waals surface area contributed by atoms with Crippen molar-refractivity contribution in [3.63, 3.8) is 0 Å². The van der Waals surface area contributed by atoms with Gasteiger partial charge in [0.2, 0.25) is 0 Å². The van der Waals surface area contributed by atoms with Gasteiger partial charge in [0.1, 0.15) is 0 Å². The molecule has 1 aliphatic rings. The lowest BCUT2D eigenvalue weighted by Crippen LogP contribution is -2.34. The van der Waals surface area contributed by atoms with Crippen molar-refractivity contribution in [1.29, 1.82) is 0 Å². The summed E-state index contributed by atoms with van der Waals surface area (Å²) in [6.45, 7) is 4.34. The lowest BCUT2D eigenvalue weighted by atomic mass is 9.99. The number of rotatable bonds is 3. The first kappa shape index (κ1) is 18.7. The lowest BCUT2D eigenvalue weighted by Gasteiger charge is -2.32. The second-order valence-electron chi connectivity index (χ2n) is 6.61. The number of anilines is 2. The topological polar surface area (TPSA) is 44.4 Å². The minimum Gasteiger partial charge on any atom is -0.370 e. The number of carbonyl (C=O) groups excluding carboxylic acids is 1. The zero-order chi connectivity index (χ0) is 18.5. The summed E-state index contributed by atoms with van der Waals surface area (Å²) in [7, 11) is 0. The molecule has 0 bridgehead atoms. The van der Waals surface area contributed by atoms with Crippen LogP contribution in [0.3, 0.4) is 0 Å². The highest BCUT2D eigenvalue weighted by atomic mass is 35.5. The van der Waals surface area contributed by atoms with E-state index in [4.69, 9.17) is 23.8 Å². The molecule has 0 aromatic heterocycles. The van der Waals surface area contributed by atoms with E-state index in [9.17, 15) is 4.79 Å². The first-order valence-corrected chi connectivity index (χ1v) is 9.53. The number of hydrogen-bond acceptors (Lipinski definition) is 3. The number of thiocarbonyl (C=S) groups is 1. The van der Waals surface area contributed by atoms with Crippen LogP contribution in [0, 0.1) is 5.92 Å². The number of nitrogens with one attached hydrogen (secondary N) is 2. The van der Waals surface area contributed by atoms with Crippen LogP contribution in [-0.2, 0) is 0 Å². The quantitative estimate of drug-likeness (QED) is 0.749. The Balaban J connectivity index is 1.60. The molecule has 1 heterocycles. The second-order valence-corrected chi connectivity index (χ2v) is 7.43. The maximum absolute atomic E-state index is 12.1. The number of hydrogen-bond donors (Lipinski definition) is 2. The average molecular weight is 388 g/mol. The molecule has 0 aliphatic carbocycles. The molecular weight excluding hydrogens is 366 g/mol. The fourth-order valence-corrected chi connectivity index (χ4v) is 3.53. The van der Waals surface area contributed by atoms with Gasteiger partial charge in [0.25, 0.3) is 5.91 Å². The van der Waals surface area contributed by atoms with Crippen LogP contribution in [0.2, 0.25) is 5.02 Å². The monoisotopic (exact) mass is 387 g/mol. The van der Waals surface area contributed by atoms with Gasteiger partial charge in [-0.3, -0.25) is 10.1 Å². The minimum absolute atomic E-state index is 0.242. The van der Waals surface area contributed by atoms with Crippen molar-refractivity contribution in [1.82, 2.24) is 5.32 Å².